The summed E-state index contributed by atoms with van der Waals surface area (Å²) in [6.07, 6.45) is -2.62. The standard InChI is InChI=1S/C19H18F5N7O4/c20-18(21)8-29(5-17(18)6-30(7-17)16(34)35-9-19(22,23)24)12-3-11(28-31-2-1-25-13(12)31)10-4-26-15(33)27-14(10)32/h1-4,16,34H,5-9H2,(H2,26,27,32,33). The number of imidazole rings is 1. The molecule has 16 heteroatoms. The van der Waals surface area contributed by atoms with Gasteiger partial charge in [0.25, 0.3) is 11.5 Å². The van der Waals surface area contributed by atoms with Gasteiger partial charge in [-0.05, 0) is 6.07 Å². The number of ether oxygens (including phenoxy) is 1. The molecule has 5 rings (SSSR count). The SMILES string of the molecule is O=c1[nH]cc(-c2cc(N3CC(F)(F)C4(C3)CN(C(O)OCC(F)(F)F)C4)c3nccn3n2)c(=O)[nH]1. The molecule has 1 unspecified atom stereocenters. The van der Waals surface area contributed by atoms with Gasteiger partial charge in [0, 0.05) is 38.2 Å². The highest BCUT2D eigenvalue weighted by Crippen LogP contribution is 2.51. The zero-order valence-corrected chi connectivity index (χ0v) is 17.7. The number of nitrogens with zero attached hydrogens (tertiary/aromatic N) is 5. The van der Waals surface area contributed by atoms with Crippen molar-refractivity contribution in [2.24, 2.45) is 5.41 Å². The Bertz CT molecular complexity index is 1380. The summed E-state index contributed by atoms with van der Waals surface area (Å²) in [7, 11) is 0. The van der Waals surface area contributed by atoms with E-state index in [0.717, 1.165) is 11.1 Å². The predicted octanol–water partition coefficient (Wildman–Crippen LogP) is 0.385. The largest absolute Gasteiger partial charge is 0.411 e. The number of nitrogens with one attached hydrogen (secondary N) is 2. The molecule has 11 nitrogen and oxygen atoms in total. The Labute approximate surface area is 191 Å². The Morgan fingerprint density at radius 1 is 1.20 bits per heavy atom. The van der Waals surface area contributed by atoms with Crippen molar-refractivity contribution in [1.82, 2.24) is 29.5 Å². The number of aromatic nitrogens is 5. The summed E-state index contributed by atoms with van der Waals surface area (Å²) < 4.78 is 72.9. The van der Waals surface area contributed by atoms with E-state index in [1.165, 1.54) is 27.9 Å². The monoisotopic (exact) mass is 503 g/mol. The average molecular weight is 503 g/mol. The van der Waals surface area contributed by atoms with Gasteiger partial charge in [0.2, 0.25) is 6.41 Å². The summed E-state index contributed by atoms with van der Waals surface area (Å²) in [5, 5.41) is 14.1. The van der Waals surface area contributed by atoms with E-state index in [9.17, 15) is 27.9 Å². The highest BCUT2D eigenvalue weighted by atomic mass is 19.4. The van der Waals surface area contributed by atoms with Gasteiger partial charge in [-0.2, -0.15) is 18.3 Å². The molecule has 0 bridgehead atoms. The van der Waals surface area contributed by atoms with Crippen LogP contribution in [0.4, 0.5) is 27.6 Å². The van der Waals surface area contributed by atoms with Crippen molar-refractivity contribution in [2.45, 2.75) is 18.5 Å². The van der Waals surface area contributed by atoms with Gasteiger partial charge < -0.3 is 19.7 Å². The van der Waals surface area contributed by atoms with Gasteiger partial charge in [0.15, 0.2) is 5.65 Å². The number of anilines is 1. The average Bonchev–Trinajstić information content (AvgIpc) is 3.31. The van der Waals surface area contributed by atoms with E-state index < -0.39 is 61.4 Å². The first kappa shape index (κ1) is 23.4. The van der Waals surface area contributed by atoms with Crippen LogP contribution in [0.2, 0.25) is 0 Å². The Morgan fingerprint density at radius 3 is 2.63 bits per heavy atom. The highest BCUT2D eigenvalue weighted by Gasteiger charge is 2.66. The zero-order valence-electron chi connectivity index (χ0n) is 17.7. The Hall–Kier alpha value is -3.37. The maximum Gasteiger partial charge on any atom is 0.411 e. The number of halogens is 5. The lowest BCUT2D eigenvalue weighted by atomic mass is 9.76. The molecule has 0 aliphatic carbocycles. The molecule has 0 aromatic carbocycles. The summed E-state index contributed by atoms with van der Waals surface area (Å²) in [5.41, 5.74) is -2.50. The zero-order chi connectivity index (χ0) is 25.2. The summed E-state index contributed by atoms with van der Waals surface area (Å²) >= 11 is 0. The lowest BCUT2D eigenvalue weighted by molar-refractivity contribution is -0.294. The van der Waals surface area contributed by atoms with Gasteiger partial charge in [-0.15, -0.1) is 0 Å². The summed E-state index contributed by atoms with van der Waals surface area (Å²) in [4.78, 5) is 34.5. The molecule has 2 aliphatic heterocycles. The van der Waals surface area contributed by atoms with Gasteiger partial charge in [-0.1, -0.05) is 0 Å². The number of likely N-dealkylation sites (tertiary alicyclic amines) is 1. The topological polar surface area (TPSA) is 132 Å². The van der Waals surface area contributed by atoms with E-state index in [1.807, 2.05) is 0 Å². The molecule has 2 saturated heterocycles. The number of hydrogen-bond acceptors (Lipinski definition) is 8. The first-order chi connectivity index (χ1) is 16.4. The van der Waals surface area contributed by atoms with Crippen molar-refractivity contribution in [1.29, 1.82) is 0 Å². The predicted molar refractivity (Wildman–Crippen MR) is 109 cm³/mol. The minimum Gasteiger partial charge on any atom is -0.361 e. The van der Waals surface area contributed by atoms with E-state index in [0.29, 0.717) is 0 Å². The number of fused-ring (bicyclic) bond motifs is 1. The second-order valence-electron chi connectivity index (χ2n) is 8.59. The van der Waals surface area contributed by atoms with Crippen molar-refractivity contribution < 1.29 is 31.8 Å². The molecule has 35 heavy (non-hydrogen) atoms. The van der Waals surface area contributed by atoms with E-state index in [2.05, 4.69) is 24.8 Å². The van der Waals surface area contributed by atoms with E-state index in [4.69, 9.17) is 0 Å². The van der Waals surface area contributed by atoms with Crippen molar-refractivity contribution in [3.05, 3.63) is 45.5 Å². The minimum atomic E-state index is -4.67. The minimum absolute atomic E-state index is 0.00174. The molecule has 3 aromatic heterocycles. The Balaban J connectivity index is 1.42. The molecule has 0 amide bonds. The molecule has 2 aliphatic rings. The first-order valence-electron chi connectivity index (χ1n) is 10.3. The van der Waals surface area contributed by atoms with Crippen LogP contribution in [0.15, 0.2) is 34.2 Å². The number of H-pyrrole nitrogens is 2. The van der Waals surface area contributed by atoms with Gasteiger partial charge in [0.05, 0.1) is 23.2 Å². The van der Waals surface area contributed by atoms with Crippen LogP contribution in [0.3, 0.4) is 0 Å². The van der Waals surface area contributed by atoms with Crippen molar-refractivity contribution in [3.8, 4) is 11.3 Å². The molecule has 5 heterocycles. The fraction of sp³-hybridized carbons (Fsp3) is 0.474. The third-order valence-corrected chi connectivity index (χ3v) is 6.15. The number of aromatic amines is 2. The second-order valence-corrected chi connectivity index (χ2v) is 8.59. The molecule has 3 N–H and O–H groups in total. The highest BCUT2D eigenvalue weighted by molar-refractivity contribution is 5.75. The fourth-order valence-electron chi connectivity index (χ4n) is 4.47. The molecule has 0 radical (unpaired) electrons. The molecule has 1 atom stereocenters. The maximum atomic E-state index is 15.1. The van der Waals surface area contributed by atoms with Crippen LogP contribution in [-0.4, -0.2) is 85.9 Å². The van der Waals surface area contributed by atoms with Gasteiger partial charge in [-0.3, -0.25) is 14.7 Å². The van der Waals surface area contributed by atoms with Gasteiger partial charge in [0.1, 0.15) is 12.3 Å². The number of aliphatic hydroxyl groups is 1. The van der Waals surface area contributed by atoms with E-state index in [1.54, 1.807) is 0 Å². The maximum absolute atomic E-state index is 15.1. The third kappa shape index (κ3) is 4.06. The molecular weight excluding hydrogens is 485 g/mol. The second kappa shape index (κ2) is 7.82. The third-order valence-electron chi connectivity index (χ3n) is 6.15. The van der Waals surface area contributed by atoms with Crippen LogP contribution in [0, 0.1) is 5.41 Å². The van der Waals surface area contributed by atoms with Gasteiger partial charge >= 0.3 is 11.9 Å². The lowest BCUT2D eigenvalue weighted by Crippen LogP contribution is -2.67. The number of alkyl halides is 5. The molecule has 188 valence electrons. The van der Waals surface area contributed by atoms with Crippen LogP contribution in [0.5, 0.6) is 0 Å². The number of aliphatic hydroxyl groups excluding tert-OH is 1. The van der Waals surface area contributed by atoms with Crippen molar-refractivity contribution in [3.63, 3.8) is 0 Å². The van der Waals surface area contributed by atoms with Crippen LogP contribution in [0.1, 0.15) is 0 Å². The van der Waals surface area contributed by atoms with Crippen LogP contribution < -0.4 is 16.1 Å². The Kier molecular flexibility index (Phi) is 5.22. The molecule has 2 fully saturated rings. The smallest absolute Gasteiger partial charge is 0.361 e. The van der Waals surface area contributed by atoms with Crippen LogP contribution in [-0.2, 0) is 4.74 Å². The normalized spacial score (nSPS) is 20.5. The van der Waals surface area contributed by atoms with E-state index >= 15 is 8.78 Å². The quantitative estimate of drug-likeness (QED) is 0.337. The number of hydrogen-bond donors (Lipinski definition) is 3. The van der Waals surface area contributed by atoms with E-state index in [-0.39, 0.29) is 29.1 Å². The number of rotatable bonds is 5. The summed E-state index contributed by atoms with van der Waals surface area (Å²) in [6, 6.07) is 1.40. The molecule has 0 saturated carbocycles. The summed E-state index contributed by atoms with van der Waals surface area (Å²) in [6.45, 7) is -3.41. The lowest BCUT2D eigenvalue weighted by Gasteiger charge is -2.51. The van der Waals surface area contributed by atoms with Crippen LogP contribution >= 0.6 is 0 Å². The van der Waals surface area contributed by atoms with Crippen molar-refractivity contribution >= 4 is 11.3 Å². The Morgan fingerprint density at radius 2 is 1.94 bits per heavy atom. The van der Waals surface area contributed by atoms with Gasteiger partial charge in [-0.25, -0.2) is 23.1 Å². The fourth-order valence-corrected chi connectivity index (χ4v) is 4.47. The first-order valence-corrected chi connectivity index (χ1v) is 10.3. The molecule has 1 spiro atoms. The molecular formula is C19H18F5N7O4. The van der Waals surface area contributed by atoms with Crippen molar-refractivity contribution in [2.75, 3.05) is 37.7 Å². The molecule has 3 aromatic rings. The van der Waals surface area contributed by atoms with Crippen LogP contribution in [0.25, 0.3) is 16.9 Å². The summed E-state index contributed by atoms with van der Waals surface area (Å²) in [5.74, 6) is -3.25.